The molecule has 1 aromatic carbocycles. The van der Waals surface area contributed by atoms with E-state index in [9.17, 15) is 4.39 Å². The third kappa shape index (κ3) is 3.59. The first-order valence-corrected chi connectivity index (χ1v) is 6.78. The Balaban J connectivity index is 2.34. The summed E-state index contributed by atoms with van der Waals surface area (Å²) in [5, 5.41) is 4.32. The van der Waals surface area contributed by atoms with Crippen LogP contribution in [0, 0.1) is 5.82 Å². The standard InChI is InChI=1S/C15H21FN4O/c1-19(2)7-8-20-15(13(21-3)10-18-20)14(17)11-5-4-6-12(16)9-11/h4-6,9-10,14H,7-8,17H2,1-3H3. The van der Waals surface area contributed by atoms with Crippen LogP contribution in [-0.2, 0) is 6.54 Å². The molecule has 1 atom stereocenters. The first-order chi connectivity index (χ1) is 10.0. The van der Waals surface area contributed by atoms with Crippen LogP contribution in [0.3, 0.4) is 0 Å². The summed E-state index contributed by atoms with van der Waals surface area (Å²) in [5.41, 5.74) is 7.74. The van der Waals surface area contributed by atoms with Crippen LogP contribution in [-0.4, -0.2) is 42.4 Å². The highest BCUT2D eigenvalue weighted by Gasteiger charge is 2.20. The van der Waals surface area contributed by atoms with E-state index in [0.717, 1.165) is 12.2 Å². The summed E-state index contributed by atoms with van der Waals surface area (Å²) in [6.45, 7) is 1.52. The highest BCUT2D eigenvalue weighted by atomic mass is 19.1. The lowest BCUT2D eigenvalue weighted by Gasteiger charge is -2.17. The van der Waals surface area contributed by atoms with E-state index < -0.39 is 6.04 Å². The maximum atomic E-state index is 13.4. The predicted molar refractivity (Wildman–Crippen MR) is 79.8 cm³/mol. The van der Waals surface area contributed by atoms with E-state index in [0.29, 0.717) is 17.9 Å². The molecule has 1 heterocycles. The van der Waals surface area contributed by atoms with Gasteiger partial charge in [0, 0.05) is 6.54 Å². The van der Waals surface area contributed by atoms with Crippen LogP contribution >= 0.6 is 0 Å². The van der Waals surface area contributed by atoms with E-state index in [1.165, 1.54) is 12.1 Å². The number of nitrogens with zero attached hydrogens (tertiary/aromatic N) is 3. The van der Waals surface area contributed by atoms with E-state index in [-0.39, 0.29) is 5.82 Å². The number of hydrogen-bond donors (Lipinski definition) is 1. The molecule has 5 nitrogen and oxygen atoms in total. The van der Waals surface area contributed by atoms with Gasteiger partial charge in [0.15, 0.2) is 5.75 Å². The molecule has 0 aliphatic carbocycles. The number of rotatable bonds is 6. The molecule has 21 heavy (non-hydrogen) atoms. The Labute approximate surface area is 124 Å². The lowest BCUT2D eigenvalue weighted by molar-refractivity contribution is 0.363. The van der Waals surface area contributed by atoms with Gasteiger partial charge in [0.25, 0.3) is 0 Å². The largest absolute Gasteiger partial charge is 0.493 e. The molecule has 2 aromatic rings. The third-order valence-electron chi connectivity index (χ3n) is 3.33. The fraction of sp³-hybridized carbons (Fsp3) is 0.400. The fourth-order valence-electron chi connectivity index (χ4n) is 2.18. The van der Waals surface area contributed by atoms with E-state index in [2.05, 4.69) is 10.00 Å². The molecule has 0 amide bonds. The van der Waals surface area contributed by atoms with Crippen molar-refractivity contribution < 1.29 is 9.13 Å². The molecule has 0 aliphatic rings. The van der Waals surface area contributed by atoms with Crippen molar-refractivity contribution in [3.63, 3.8) is 0 Å². The average molecular weight is 292 g/mol. The maximum Gasteiger partial charge on any atom is 0.161 e. The number of hydrogen-bond acceptors (Lipinski definition) is 4. The molecule has 0 bridgehead atoms. The molecule has 2 N–H and O–H groups in total. The van der Waals surface area contributed by atoms with Crippen molar-refractivity contribution in [2.24, 2.45) is 5.73 Å². The van der Waals surface area contributed by atoms with Crippen molar-refractivity contribution in [2.45, 2.75) is 12.6 Å². The number of benzene rings is 1. The first-order valence-electron chi connectivity index (χ1n) is 6.78. The molecule has 1 aromatic heterocycles. The SMILES string of the molecule is COc1cnn(CCN(C)C)c1C(N)c1cccc(F)c1. The highest BCUT2D eigenvalue weighted by Crippen LogP contribution is 2.28. The van der Waals surface area contributed by atoms with E-state index in [1.54, 1.807) is 25.4 Å². The summed E-state index contributed by atoms with van der Waals surface area (Å²) >= 11 is 0. The van der Waals surface area contributed by atoms with Gasteiger partial charge >= 0.3 is 0 Å². The van der Waals surface area contributed by atoms with Gasteiger partial charge in [0.05, 0.1) is 25.9 Å². The topological polar surface area (TPSA) is 56.3 Å². The van der Waals surface area contributed by atoms with E-state index >= 15 is 0 Å². The van der Waals surface area contributed by atoms with Crippen LogP contribution < -0.4 is 10.5 Å². The molecule has 1 unspecified atom stereocenters. The van der Waals surface area contributed by atoms with E-state index in [1.807, 2.05) is 18.8 Å². The van der Waals surface area contributed by atoms with Crippen LogP contribution in [0.1, 0.15) is 17.3 Å². The van der Waals surface area contributed by atoms with Crippen molar-refractivity contribution in [2.75, 3.05) is 27.7 Å². The smallest absolute Gasteiger partial charge is 0.161 e. The zero-order chi connectivity index (χ0) is 15.4. The molecule has 0 fully saturated rings. The highest BCUT2D eigenvalue weighted by molar-refractivity contribution is 5.36. The Morgan fingerprint density at radius 3 is 2.81 bits per heavy atom. The summed E-state index contributed by atoms with van der Waals surface area (Å²) in [6.07, 6.45) is 1.64. The van der Waals surface area contributed by atoms with Gasteiger partial charge in [0.1, 0.15) is 11.5 Å². The lowest BCUT2D eigenvalue weighted by atomic mass is 10.0. The van der Waals surface area contributed by atoms with Gasteiger partial charge in [-0.05, 0) is 31.8 Å². The molecular formula is C15H21FN4O. The van der Waals surface area contributed by atoms with Gasteiger partial charge < -0.3 is 15.4 Å². The summed E-state index contributed by atoms with van der Waals surface area (Å²) in [7, 11) is 5.56. The first kappa shape index (κ1) is 15.5. The number of aromatic nitrogens is 2. The second-order valence-corrected chi connectivity index (χ2v) is 5.16. The van der Waals surface area contributed by atoms with E-state index in [4.69, 9.17) is 10.5 Å². The second-order valence-electron chi connectivity index (χ2n) is 5.16. The Kier molecular flexibility index (Phi) is 4.93. The quantitative estimate of drug-likeness (QED) is 0.879. The normalized spacial score (nSPS) is 12.7. The third-order valence-corrected chi connectivity index (χ3v) is 3.33. The van der Waals surface area contributed by atoms with Gasteiger partial charge in [-0.3, -0.25) is 4.68 Å². The van der Waals surface area contributed by atoms with Crippen LogP contribution in [0.4, 0.5) is 4.39 Å². The van der Waals surface area contributed by atoms with Crippen molar-refractivity contribution in [3.8, 4) is 5.75 Å². The van der Waals surface area contributed by atoms with Gasteiger partial charge in [-0.25, -0.2) is 4.39 Å². The Morgan fingerprint density at radius 1 is 1.43 bits per heavy atom. The number of likely N-dealkylation sites (N-methyl/N-ethyl adjacent to an activating group) is 1. The zero-order valence-corrected chi connectivity index (χ0v) is 12.6. The lowest BCUT2D eigenvalue weighted by Crippen LogP contribution is -2.23. The van der Waals surface area contributed by atoms with Gasteiger partial charge in [-0.1, -0.05) is 12.1 Å². The minimum absolute atomic E-state index is 0.304. The summed E-state index contributed by atoms with van der Waals surface area (Å²) in [5.74, 6) is 0.312. The van der Waals surface area contributed by atoms with Crippen LogP contribution in [0.2, 0.25) is 0 Å². The molecule has 0 aliphatic heterocycles. The Hall–Kier alpha value is -1.92. The van der Waals surface area contributed by atoms with Gasteiger partial charge in [-0.2, -0.15) is 5.10 Å². The maximum absolute atomic E-state index is 13.4. The Morgan fingerprint density at radius 2 is 2.19 bits per heavy atom. The average Bonchev–Trinajstić information content (AvgIpc) is 2.87. The fourth-order valence-corrected chi connectivity index (χ4v) is 2.18. The van der Waals surface area contributed by atoms with Crippen LogP contribution in [0.25, 0.3) is 0 Å². The van der Waals surface area contributed by atoms with Gasteiger partial charge in [0.2, 0.25) is 0 Å². The molecule has 2 rings (SSSR count). The summed E-state index contributed by atoms with van der Waals surface area (Å²) in [6, 6.07) is 5.80. The van der Waals surface area contributed by atoms with Crippen molar-refractivity contribution in [3.05, 3.63) is 47.5 Å². The molecule has 6 heteroatoms. The summed E-state index contributed by atoms with van der Waals surface area (Å²) < 4.78 is 20.5. The molecule has 0 spiro atoms. The molecule has 0 radical (unpaired) electrons. The number of halogens is 1. The summed E-state index contributed by atoms with van der Waals surface area (Å²) in [4.78, 5) is 2.06. The van der Waals surface area contributed by atoms with Crippen molar-refractivity contribution in [1.29, 1.82) is 0 Å². The zero-order valence-electron chi connectivity index (χ0n) is 12.6. The van der Waals surface area contributed by atoms with Crippen LogP contribution in [0.15, 0.2) is 30.5 Å². The predicted octanol–water partition coefficient (Wildman–Crippen LogP) is 1.64. The Bertz CT molecular complexity index is 597. The molecule has 0 saturated carbocycles. The number of nitrogens with two attached hydrogens (primary N) is 1. The minimum atomic E-state index is -0.486. The van der Waals surface area contributed by atoms with Crippen molar-refractivity contribution in [1.82, 2.24) is 14.7 Å². The monoisotopic (exact) mass is 292 g/mol. The second kappa shape index (κ2) is 6.69. The molecule has 0 saturated heterocycles. The number of ether oxygens (including phenoxy) is 1. The minimum Gasteiger partial charge on any atom is -0.493 e. The van der Waals surface area contributed by atoms with Crippen LogP contribution in [0.5, 0.6) is 5.75 Å². The molecule has 114 valence electrons. The van der Waals surface area contributed by atoms with Crippen molar-refractivity contribution >= 4 is 0 Å². The molecular weight excluding hydrogens is 271 g/mol. The number of methoxy groups -OCH3 is 1. The van der Waals surface area contributed by atoms with Gasteiger partial charge in [-0.15, -0.1) is 0 Å².